The summed E-state index contributed by atoms with van der Waals surface area (Å²) in [5.74, 6) is 1.56. The van der Waals surface area contributed by atoms with E-state index in [1.54, 1.807) is 0 Å². The first-order valence-electron chi connectivity index (χ1n) is 6.17. The highest BCUT2D eigenvalue weighted by atomic mass is 16.5. The van der Waals surface area contributed by atoms with Gasteiger partial charge < -0.3 is 15.0 Å². The Balaban J connectivity index is 2.06. The molecule has 2 N–H and O–H groups in total. The quantitative estimate of drug-likeness (QED) is 0.845. The average molecular weight is 223 g/mol. The highest BCUT2D eigenvalue weighted by molar-refractivity contribution is 5.01. The normalized spacial score (nSPS) is 19.9. The summed E-state index contributed by atoms with van der Waals surface area (Å²) in [5, 5.41) is 0. The van der Waals surface area contributed by atoms with E-state index in [0.29, 0.717) is 5.92 Å². The number of nitrogens with two attached hydrogens (primary N) is 1. The summed E-state index contributed by atoms with van der Waals surface area (Å²) >= 11 is 0. The van der Waals surface area contributed by atoms with Gasteiger partial charge in [0.25, 0.3) is 0 Å². The first kappa shape index (κ1) is 11.6. The predicted octanol–water partition coefficient (Wildman–Crippen LogP) is 1.72. The molecule has 0 bridgehead atoms. The van der Waals surface area contributed by atoms with Crippen molar-refractivity contribution >= 4 is 0 Å². The Morgan fingerprint density at radius 1 is 1.56 bits per heavy atom. The van der Waals surface area contributed by atoms with Crippen molar-refractivity contribution < 1.29 is 4.74 Å². The molecule has 90 valence electrons. The van der Waals surface area contributed by atoms with Crippen LogP contribution in [0.2, 0.25) is 0 Å². The highest BCUT2D eigenvalue weighted by Crippen LogP contribution is 2.27. The van der Waals surface area contributed by atoms with Crippen LogP contribution in [-0.2, 0) is 11.3 Å². The molecular formula is C12H21N3O. The fourth-order valence-corrected chi connectivity index (χ4v) is 2.33. The van der Waals surface area contributed by atoms with Crippen LogP contribution in [0.25, 0.3) is 0 Å². The van der Waals surface area contributed by atoms with Crippen molar-refractivity contribution in [1.82, 2.24) is 9.55 Å². The zero-order chi connectivity index (χ0) is 11.4. The van der Waals surface area contributed by atoms with Gasteiger partial charge in [-0.05, 0) is 25.2 Å². The van der Waals surface area contributed by atoms with Crippen molar-refractivity contribution in [3.05, 3.63) is 18.2 Å². The predicted molar refractivity (Wildman–Crippen MR) is 63.0 cm³/mol. The molecule has 1 aliphatic rings. The van der Waals surface area contributed by atoms with Gasteiger partial charge >= 0.3 is 0 Å². The molecule has 0 spiro atoms. The Labute approximate surface area is 96.8 Å². The van der Waals surface area contributed by atoms with Crippen LogP contribution in [0.3, 0.4) is 0 Å². The second-order valence-electron chi connectivity index (χ2n) is 4.45. The smallest absolute Gasteiger partial charge is 0.125 e. The fourth-order valence-electron chi connectivity index (χ4n) is 2.33. The maximum absolute atomic E-state index is 6.31. The minimum atomic E-state index is 0.0606. The summed E-state index contributed by atoms with van der Waals surface area (Å²) in [6.07, 6.45) is 7.10. The van der Waals surface area contributed by atoms with Gasteiger partial charge in [0.2, 0.25) is 0 Å². The van der Waals surface area contributed by atoms with E-state index in [0.717, 1.165) is 44.8 Å². The topological polar surface area (TPSA) is 53.1 Å². The van der Waals surface area contributed by atoms with Crippen molar-refractivity contribution in [3.63, 3.8) is 0 Å². The number of nitrogens with zero attached hydrogens (tertiary/aromatic N) is 2. The second kappa shape index (κ2) is 5.46. The molecule has 1 aliphatic heterocycles. The van der Waals surface area contributed by atoms with E-state index in [2.05, 4.69) is 16.5 Å². The molecule has 1 aromatic heterocycles. The lowest BCUT2D eigenvalue weighted by atomic mass is 9.92. The van der Waals surface area contributed by atoms with Crippen LogP contribution >= 0.6 is 0 Å². The van der Waals surface area contributed by atoms with Crippen molar-refractivity contribution in [3.8, 4) is 0 Å². The van der Waals surface area contributed by atoms with E-state index in [1.165, 1.54) is 0 Å². The van der Waals surface area contributed by atoms with Gasteiger partial charge in [0, 0.05) is 32.2 Å². The van der Waals surface area contributed by atoms with E-state index in [4.69, 9.17) is 10.5 Å². The van der Waals surface area contributed by atoms with E-state index < -0.39 is 0 Å². The van der Waals surface area contributed by atoms with Gasteiger partial charge in [-0.2, -0.15) is 0 Å². The van der Waals surface area contributed by atoms with Crippen LogP contribution in [0, 0.1) is 5.92 Å². The third kappa shape index (κ3) is 2.44. The third-order valence-corrected chi connectivity index (χ3v) is 3.28. The van der Waals surface area contributed by atoms with Crippen LogP contribution in [0.5, 0.6) is 0 Å². The Bertz CT molecular complexity index is 318. The highest BCUT2D eigenvalue weighted by Gasteiger charge is 2.25. The standard InChI is InChI=1S/C12H21N3O/c1-2-6-15-7-5-14-12(15)11(13)10-3-8-16-9-4-10/h5,7,10-11H,2-4,6,8-9,13H2,1H3. The lowest BCUT2D eigenvalue weighted by Gasteiger charge is -2.27. The molecule has 0 saturated carbocycles. The minimum Gasteiger partial charge on any atom is -0.381 e. The van der Waals surface area contributed by atoms with E-state index in [-0.39, 0.29) is 6.04 Å². The number of aryl methyl sites for hydroxylation is 1. The first-order valence-corrected chi connectivity index (χ1v) is 6.17. The largest absolute Gasteiger partial charge is 0.381 e. The van der Waals surface area contributed by atoms with Gasteiger partial charge in [-0.1, -0.05) is 6.92 Å². The SMILES string of the molecule is CCCn1ccnc1C(N)C1CCOCC1. The van der Waals surface area contributed by atoms with Gasteiger partial charge in [0.1, 0.15) is 5.82 Å². The monoisotopic (exact) mass is 223 g/mol. The Kier molecular flexibility index (Phi) is 3.96. The third-order valence-electron chi connectivity index (χ3n) is 3.28. The van der Waals surface area contributed by atoms with Crippen LogP contribution in [0.15, 0.2) is 12.4 Å². The molecule has 4 nitrogen and oxygen atoms in total. The van der Waals surface area contributed by atoms with Gasteiger partial charge in [-0.25, -0.2) is 4.98 Å². The summed E-state index contributed by atoms with van der Waals surface area (Å²) in [6.45, 7) is 4.86. The van der Waals surface area contributed by atoms with Gasteiger partial charge in [0.15, 0.2) is 0 Å². The number of imidazole rings is 1. The van der Waals surface area contributed by atoms with Gasteiger partial charge in [-0.3, -0.25) is 0 Å². The maximum Gasteiger partial charge on any atom is 0.125 e. The zero-order valence-electron chi connectivity index (χ0n) is 9.93. The maximum atomic E-state index is 6.31. The summed E-state index contributed by atoms with van der Waals surface area (Å²) < 4.78 is 7.54. The summed E-state index contributed by atoms with van der Waals surface area (Å²) in [7, 11) is 0. The molecule has 0 radical (unpaired) electrons. The number of rotatable bonds is 4. The van der Waals surface area contributed by atoms with Gasteiger partial charge in [0.05, 0.1) is 6.04 Å². The average Bonchev–Trinajstić information content (AvgIpc) is 2.78. The van der Waals surface area contributed by atoms with Crippen LogP contribution < -0.4 is 5.73 Å². The van der Waals surface area contributed by atoms with Crippen LogP contribution in [-0.4, -0.2) is 22.8 Å². The lowest BCUT2D eigenvalue weighted by molar-refractivity contribution is 0.0570. The zero-order valence-corrected chi connectivity index (χ0v) is 9.93. The fraction of sp³-hybridized carbons (Fsp3) is 0.750. The number of ether oxygens (including phenoxy) is 1. The molecule has 1 saturated heterocycles. The van der Waals surface area contributed by atoms with E-state index in [9.17, 15) is 0 Å². The van der Waals surface area contributed by atoms with Crippen molar-refractivity contribution in [1.29, 1.82) is 0 Å². The molecule has 1 aromatic rings. The number of hydrogen-bond acceptors (Lipinski definition) is 3. The molecule has 4 heteroatoms. The summed E-state index contributed by atoms with van der Waals surface area (Å²) in [6, 6.07) is 0.0606. The van der Waals surface area contributed by atoms with Crippen molar-refractivity contribution in [2.75, 3.05) is 13.2 Å². The molecule has 1 fully saturated rings. The number of hydrogen-bond donors (Lipinski definition) is 1. The van der Waals surface area contributed by atoms with Crippen LogP contribution in [0.1, 0.15) is 38.1 Å². The summed E-state index contributed by atoms with van der Waals surface area (Å²) in [4.78, 5) is 4.41. The molecule has 16 heavy (non-hydrogen) atoms. The molecule has 0 aromatic carbocycles. The number of aromatic nitrogens is 2. The van der Waals surface area contributed by atoms with Crippen molar-refractivity contribution in [2.45, 2.75) is 38.8 Å². The van der Waals surface area contributed by atoms with E-state index in [1.807, 2.05) is 12.4 Å². The molecule has 0 aliphatic carbocycles. The minimum absolute atomic E-state index is 0.0606. The summed E-state index contributed by atoms with van der Waals surface area (Å²) in [5.41, 5.74) is 6.31. The molecule has 1 atom stereocenters. The van der Waals surface area contributed by atoms with Gasteiger partial charge in [-0.15, -0.1) is 0 Å². The second-order valence-corrected chi connectivity index (χ2v) is 4.45. The molecule has 0 amide bonds. The lowest BCUT2D eigenvalue weighted by Crippen LogP contribution is -2.29. The van der Waals surface area contributed by atoms with Crippen molar-refractivity contribution in [2.24, 2.45) is 11.7 Å². The first-order chi connectivity index (χ1) is 7.83. The Hall–Kier alpha value is -0.870. The molecular weight excluding hydrogens is 202 g/mol. The Morgan fingerprint density at radius 3 is 3.00 bits per heavy atom. The molecule has 1 unspecified atom stereocenters. The molecule has 2 heterocycles. The van der Waals surface area contributed by atoms with Crippen LogP contribution in [0.4, 0.5) is 0 Å². The molecule has 2 rings (SSSR count). The Morgan fingerprint density at radius 2 is 2.31 bits per heavy atom. The van der Waals surface area contributed by atoms with E-state index >= 15 is 0 Å².